The van der Waals surface area contributed by atoms with E-state index < -0.39 is 0 Å². The molecule has 0 aromatic rings. The molecule has 1 amide bonds. The van der Waals surface area contributed by atoms with Gasteiger partial charge in [-0.15, -0.1) is 12.4 Å². The molecule has 4 nitrogen and oxygen atoms in total. The molecular formula is C11H21ClN2O2. The quantitative estimate of drug-likeness (QED) is 0.808. The molecule has 2 fully saturated rings. The van der Waals surface area contributed by atoms with Crippen molar-refractivity contribution < 1.29 is 9.53 Å². The summed E-state index contributed by atoms with van der Waals surface area (Å²) in [5, 5.41) is 0. The van der Waals surface area contributed by atoms with Crippen LogP contribution in [0.5, 0.6) is 0 Å². The molecule has 0 spiro atoms. The second kappa shape index (κ2) is 6.42. The summed E-state index contributed by atoms with van der Waals surface area (Å²) < 4.78 is 5.47. The van der Waals surface area contributed by atoms with E-state index in [1.54, 1.807) is 0 Å². The highest BCUT2D eigenvalue weighted by atomic mass is 35.5. The van der Waals surface area contributed by atoms with E-state index in [1.165, 1.54) is 0 Å². The van der Waals surface area contributed by atoms with Gasteiger partial charge in [-0.3, -0.25) is 4.79 Å². The molecule has 0 radical (unpaired) electrons. The molecular weight excluding hydrogens is 228 g/mol. The molecule has 2 aliphatic rings. The van der Waals surface area contributed by atoms with Crippen LogP contribution < -0.4 is 5.73 Å². The maximum absolute atomic E-state index is 12.0. The minimum absolute atomic E-state index is 0. The van der Waals surface area contributed by atoms with Gasteiger partial charge in [0.2, 0.25) is 5.91 Å². The first kappa shape index (κ1) is 13.7. The van der Waals surface area contributed by atoms with Gasteiger partial charge in [-0.1, -0.05) is 0 Å². The standard InChI is InChI=1S/C11H20N2O2.ClH/c12-8-9-3-1-5-13(9)11(14)7-10-4-2-6-15-10;/h9-10H,1-8,12H2;1H. The minimum atomic E-state index is 0. The molecule has 2 N–H and O–H groups in total. The molecule has 0 aliphatic carbocycles. The Balaban J connectivity index is 0.00000128. The maximum atomic E-state index is 12.0. The molecule has 0 bridgehead atoms. The zero-order chi connectivity index (χ0) is 10.7. The highest BCUT2D eigenvalue weighted by Gasteiger charge is 2.29. The first-order chi connectivity index (χ1) is 7.31. The van der Waals surface area contributed by atoms with Crippen molar-refractivity contribution in [2.75, 3.05) is 19.7 Å². The Kier molecular flexibility index (Phi) is 5.52. The number of halogens is 1. The normalized spacial score (nSPS) is 29.2. The molecule has 2 atom stereocenters. The molecule has 16 heavy (non-hydrogen) atoms. The summed E-state index contributed by atoms with van der Waals surface area (Å²) in [6.45, 7) is 2.29. The van der Waals surface area contributed by atoms with Gasteiger partial charge in [0.15, 0.2) is 0 Å². The summed E-state index contributed by atoms with van der Waals surface area (Å²) in [6, 6.07) is 0.277. The van der Waals surface area contributed by atoms with E-state index in [0.29, 0.717) is 13.0 Å². The number of carbonyl (C=O) groups excluding carboxylic acids is 1. The summed E-state index contributed by atoms with van der Waals surface area (Å²) in [6.07, 6.45) is 5.01. The predicted octanol–water partition coefficient (Wildman–Crippen LogP) is 0.927. The molecule has 2 saturated heterocycles. The third kappa shape index (κ3) is 3.09. The Morgan fingerprint density at radius 3 is 2.81 bits per heavy atom. The van der Waals surface area contributed by atoms with Crippen LogP contribution in [0.2, 0.25) is 0 Å². The predicted molar refractivity (Wildman–Crippen MR) is 64.6 cm³/mol. The Labute approximate surface area is 103 Å². The van der Waals surface area contributed by atoms with Crippen LogP contribution in [0.25, 0.3) is 0 Å². The molecule has 2 aliphatic heterocycles. The number of rotatable bonds is 3. The van der Waals surface area contributed by atoms with Gasteiger partial charge in [-0.2, -0.15) is 0 Å². The number of hydrogen-bond acceptors (Lipinski definition) is 3. The van der Waals surface area contributed by atoms with Crippen LogP contribution in [0.15, 0.2) is 0 Å². The second-order valence-corrected chi connectivity index (χ2v) is 4.46. The molecule has 0 saturated carbocycles. The lowest BCUT2D eigenvalue weighted by atomic mass is 10.1. The summed E-state index contributed by atoms with van der Waals surface area (Å²) >= 11 is 0. The summed E-state index contributed by atoms with van der Waals surface area (Å²) in [4.78, 5) is 13.9. The van der Waals surface area contributed by atoms with Gasteiger partial charge < -0.3 is 15.4 Å². The van der Waals surface area contributed by atoms with E-state index in [2.05, 4.69) is 0 Å². The van der Waals surface area contributed by atoms with Gasteiger partial charge in [0.1, 0.15) is 0 Å². The highest BCUT2D eigenvalue weighted by molar-refractivity contribution is 5.85. The van der Waals surface area contributed by atoms with Crippen molar-refractivity contribution in [1.82, 2.24) is 4.90 Å². The number of ether oxygens (including phenoxy) is 1. The molecule has 2 heterocycles. The summed E-state index contributed by atoms with van der Waals surface area (Å²) in [7, 11) is 0. The van der Waals surface area contributed by atoms with E-state index in [1.807, 2.05) is 4.90 Å². The maximum Gasteiger partial charge on any atom is 0.225 e. The lowest BCUT2D eigenvalue weighted by Gasteiger charge is -2.24. The Morgan fingerprint density at radius 2 is 2.19 bits per heavy atom. The molecule has 2 unspecified atom stereocenters. The number of carbonyl (C=O) groups is 1. The van der Waals surface area contributed by atoms with E-state index in [9.17, 15) is 4.79 Å². The Bertz CT molecular complexity index is 232. The zero-order valence-electron chi connectivity index (χ0n) is 9.56. The first-order valence-electron chi connectivity index (χ1n) is 5.92. The van der Waals surface area contributed by atoms with Crippen molar-refractivity contribution >= 4 is 18.3 Å². The fraction of sp³-hybridized carbons (Fsp3) is 0.909. The second-order valence-electron chi connectivity index (χ2n) is 4.46. The molecule has 0 aromatic heterocycles. The van der Waals surface area contributed by atoms with Crippen molar-refractivity contribution in [3.63, 3.8) is 0 Å². The SMILES string of the molecule is Cl.NCC1CCCN1C(=O)CC1CCCO1. The van der Waals surface area contributed by atoms with Gasteiger partial charge in [0.25, 0.3) is 0 Å². The smallest absolute Gasteiger partial charge is 0.225 e. The molecule has 0 aromatic carbocycles. The van der Waals surface area contributed by atoms with Crippen molar-refractivity contribution in [2.24, 2.45) is 5.73 Å². The topological polar surface area (TPSA) is 55.6 Å². The van der Waals surface area contributed by atoms with Gasteiger partial charge in [-0.25, -0.2) is 0 Å². The van der Waals surface area contributed by atoms with Crippen LogP contribution in [0.1, 0.15) is 32.1 Å². The average Bonchev–Trinajstić information content (AvgIpc) is 2.86. The number of amides is 1. The van der Waals surface area contributed by atoms with E-state index in [4.69, 9.17) is 10.5 Å². The van der Waals surface area contributed by atoms with Gasteiger partial charge in [0, 0.05) is 25.7 Å². The number of likely N-dealkylation sites (tertiary alicyclic amines) is 1. The first-order valence-corrected chi connectivity index (χ1v) is 5.92. The van der Waals surface area contributed by atoms with Crippen LogP contribution in [0.4, 0.5) is 0 Å². The van der Waals surface area contributed by atoms with Gasteiger partial charge in [0.05, 0.1) is 12.5 Å². The van der Waals surface area contributed by atoms with E-state index in [-0.39, 0.29) is 30.5 Å². The fourth-order valence-corrected chi connectivity index (χ4v) is 2.53. The summed E-state index contributed by atoms with van der Waals surface area (Å²) in [5.74, 6) is 0.231. The molecule has 2 rings (SSSR count). The van der Waals surface area contributed by atoms with E-state index >= 15 is 0 Å². The van der Waals surface area contributed by atoms with Gasteiger partial charge in [-0.05, 0) is 25.7 Å². The third-order valence-electron chi connectivity index (χ3n) is 3.40. The van der Waals surface area contributed by atoms with Crippen LogP contribution in [-0.2, 0) is 9.53 Å². The average molecular weight is 249 g/mol. The van der Waals surface area contributed by atoms with Crippen molar-refractivity contribution in [3.05, 3.63) is 0 Å². The number of nitrogens with two attached hydrogens (primary N) is 1. The fourth-order valence-electron chi connectivity index (χ4n) is 2.53. The van der Waals surface area contributed by atoms with Crippen molar-refractivity contribution in [2.45, 2.75) is 44.2 Å². The zero-order valence-corrected chi connectivity index (χ0v) is 10.4. The highest BCUT2D eigenvalue weighted by Crippen LogP contribution is 2.21. The summed E-state index contributed by atoms with van der Waals surface area (Å²) in [5.41, 5.74) is 5.65. The van der Waals surface area contributed by atoms with E-state index in [0.717, 1.165) is 38.8 Å². The monoisotopic (exact) mass is 248 g/mol. The molecule has 5 heteroatoms. The van der Waals surface area contributed by atoms with Crippen molar-refractivity contribution in [1.29, 1.82) is 0 Å². The lowest BCUT2D eigenvalue weighted by molar-refractivity contribution is -0.134. The largest absolute Gasteiger partial charge is 0.378 e. The lowest BCUT2D eigenvalue weighted by Crippen LogP contribution is -2.41. The number of hydrogen-bond donors (Lipinski definition) is 1. The van der Waals surface area contributed by atoms with Crippen LogP contribution in [0, 0.1) is 0 Å². The Morgan fingerprint density at radius 1 is 1.38 bits per heavy atom. The Hall–Kier alpha value is -0.320. The number of nitrogens with zero attached hydrogens (tertiary/aromatic N) is 1. The molecule has 94 valence electrons. The van der Waals surface area contributed by atoms with Crippen LogP contribution in [0.3, 0.4) is 0 Å². The third-order valence-corrected chi connectivity index (χ3v) is 3.40. The van der Waals surface area contributed by atoms with Crippen LogP contribution in [-0.4, -0.2) is 42.6 Å². The van der Waals surface area contributed by atoms with Crippen molar-refractivity contribution in [3.8, 4) is 0 Å². The van der Waals surface area contributed by atoms with Crippen LogP contribution >= 0.6 is 12.4 Å². The minimum Gasteiger partial charge on any atom is -0.378 e. The van der Waals surface area contributed by atoms with Gasteiger partial charge >= 0.3 is 0 Å².